The molecule has 2 heterocycles. The molecule has 0 radical (unpaired) electrons. The Morgan fingerprint density at radius 3 is 2.69 bits per heavy atom. The fraction of sp³-hybridized carbons (Fsp3) is 0.346. The summed E-state index contributed by atoms with van der Waals surface area (Å²) in [5.74, 6) is 1.95. The van der Waals surface area contributed by atoms with E-state index in [1.807, 2.05) is 62.5 Å². The van der Waals surface area contributed by atoms with Gasteiger partial charge in [0.1, 0.15) is 18.7 Å². The van der Waals surface area contributed by atoms with E-state index in [1.54, 1.807) is 14.2 Å². The topological polar surface area (TPSA) is 92.3 Å². The van der Waals surface area contributed by atoms with Gasteiger partial charge in [0.05, 0.1) is 26.5 Å². The SMILES string of the molecule is CCOCN/N=C(\N)CC.COc1cccc(C2OCc3cccn3-c3ccc(Cl)cc32)c1OC. The highest BCUT2D eigenvalue weighted by atomic mass is 35.5. The smallest absolute Gasteiger partial charge is 0.166 e. The van der Waals surface area contributed by atoms with Crippen molar-refractivity contribution >= 4 is 17.4 Å². The molecule has 8 nitrogen and oxygen atoms in total. The summed E-state index contributed by atoms with van der Waals surface area (Å²) in [5, 5.41) is 4.47. The van der Waals surface area contributed by atoms with E-state index in [2.05, 4.69) is 21.2 Å². The minimum Gasteiger partial charge on any atom is -0.493 e. The maximum absolute atomic E-state index is 6.30. The Labute approximate surface area is 211 Å². The number of amidine groups is 1. The Bertz CT molecular complexity index is 1130. The first-order valence-corrected chi connectivity index (χ1v) is 11.8. The summed E-state index contributed by atoms with van der Waals surface area (Å²) < 4.78 is 24.4. The Kier molecular flexibility index (Phi) is 9.84. The van der Waals surface area contributed by atoms with Crippen LogP contribution >= 0.6 is 11.6 Å². The first kappa shape index (κ1) is 26.4. The van der Waals surface area contributed by atoms with Gasteiger partial charge in [-0.3, -0.25) is 5.43 Å². The highest BCUT2D eigenvalue weighted by molar-refractivity contribution is 6.30. The van der Waals surface area contributed by atoms with Crippen molar-refractivity contribution in [2.45, 2.75) is 33.0 Å². The largest absolute Gasteiger partial charge is 0.493 e. The number of para-hydroxylation sites is 1. The van der Waals surface area contributed by atoms with E-state index >= 15 is 0 Å². The number of methoxy groups -OCH3 is 2. The van der Waals surface area contributed by atoms with E-state index in [0.717, 1.165) is 28.9 Å². The zero-order valence-corrected chi connectivity index (χ0v) is 21.3. The van der Waals surface area contributed by atoms with E-state index in [-0.39, 0.29) is 6.10 Å². The number of aromatic nitrogens is 1. The zero-order chi connectivity index (χ0) is 25.2. The molecule has 0 fully saturated rings. The van der Waals surface area contributed by atoms with Gasteiger partial charge in [0.25, 0.3) is 0 Å². The summed E-state index contributed by atoms with van der Waals surface area (Å²) in [4.78, 5) is 0. The van der Waals surface area contributed by atoms with Gasteiger partial charge in [0.15, 0.2) is 11.5 Å². The molecule has 35 heavy (non-hydrogen) atoms. The van der Waals surface area contributed by atoms with E-state index in [9.17, 15) is 0 Å². The number of hydrogen-bond acceptors (Lipinski definition) is 6. The lowest BCUT2D eigenvalue weighted by molar-refractivity contribution is 0.0660. The van der Waals surface area contributed by atoms with Crippen LogP contribution in [0.4, 0.5) is 0 Å². The first-order chi connectivity index (χ1) is 17.0. The van der Waals surface area contributed by atoms with E-state index < -0.39 is 0 Å². The predicted octanol–water partition coefficient (Wildman–Crippen LogP) is 5.02. The van der Waals surface area contributed by atoms with Crippen LogP contribution in [0.2, 0.25) is 5.02 Å². The van der Waals surface area contributed by atoms with Gasteiger partial charge in [0.2, 0.25) is 0 Å². The van der Waals surface area contributed by atoms with Crippen molar-refractivity contribution in [3.8, 4) is 17.2 Å². The van der Waals surface area contributed by atoms with Gasteiger partial charge in [-0.15, -0.1) is 0 Å². The van der Waals surface area contributed by atoms with Crippen LogP contribution in [0.25, 0.3) is 5.69 Å². The lowest BCUT2D eigenvalue weighted by atomic mass is 9.98. The fourth-order valence-electron chi connectivity index (χ4n) is 3.72. The minimum atomic E-state index is -0.307. The van der Waals surface area contributed by atoms with Gasteiger partial charge in [-0.2, -0.15) is 5.10 Å². The quantitative estimate of drug-likeness (QED) is 0.148. The molecule has 0 bridgehead atoms. The fourth-order valence-corrected chi connectivity index (χ4v) is 3.90. The summed E-state index contributed by atoms with van der Waals surface area (Å²) in [7, 11) is 3.27. The van der Waals surface area contributed by atoms with Crippen molar-refractivity contribution in [1.82, 2.24) is 9.99 Å². The number of nitrogens with zero attached hydrogens (tertiary/aromatic N) is 2. The number of hydrogen-bond donors (Lipinski definition) is 2. The van der Waals surface area contributed by atoms with Gasteiger partial charge in [0, 0.05) is 41.1 Å². The van der Waals surface area contributed by atoms with Crippen LogP contribution in [0.15, 0.2) is 59.8 Å². The molecule has 1 aliphatic rings. The van der Waals surface area contributed by atoms with Gasteiger partial charge in [-0.05, 0) is 43.3 Å². The number of hydrazone groups is 1. The third-order valence-corrected chi connectivity index (χ3v) is 5.67. The normalized spacial score (nSPS) is 14.7. The maximum Gasteiger partial charge on any atom is 0.166 e. The lowest BCUT2D eigenvalue weighted by Gasteiger charge is -2.22. The van der Waals surface area contributed by atoms with Crippen LogP contribution < -0.4 is 20.6 Å². The molecule has 3 N–H and O–H groups in total. The van der Waals surface area contributed by atoms with Gasteiger partial charge < -0.3 is 29.2 Å². The van der Waals surface area contributed by atoms with Crippen molar-refractivity contribution in [2.75, 3.05) is 27.6 Å². The number of rotatable bonds is 8. The van der Waals surface area contributed by atoms with Gasteiger partial charge in [-0.25, -0.2) is 0 Å². The molecule has 0 saturated heterocycles. The number of benzene rings is 2. The number of nitrogens with one attached hydrogen (secondary N) is 1. The van der Waals surface area contributed by atoms with Crippen LogP contribution in [0.5, 0.6) is 11.5 Å². The van der Waals surface area contributed by atoms with E-state index in [0.29, 0.717) is 42.3 Å². The van der Waals surface area contributed by atoms with Gasteiger partial charge in [-0.1, -0.05) is 30.7 Å². The number of ether oxygens (including phenoxy) is 4. The minimum absolute atomic E-state index is 0.307. The molecule has 3 aromatic rings. The Morgan fingerprint density at radius 1 is 1.14 bits per heavy atom. The molecule has 0 aliphatic carbocycles. The maximum atomic E-state index is 6.30. The first-order valence-electron chi connectivity index (χ1n) is 11.4. The summed E-state index contributed by atoms with van der Waals surface area (Å²) in [6.45, 7) is 5.48. The number of fused-ring (bicyclic) bond motifs is 3. The molecule has 4 rings (SSSR count). The molecular weight excluding hydrogens is 468 g/mol. The average molecular weight is 501 g/mol. The van der Waals surface area contributed by atoms with Crippen LogP contribution in [-0.4, -0.2) is 38.0 Å². The molecule has 9 heteroatoms. The van der Waals surface area contributed by atoms with Gasteiger partial charge >= 0.3 is 0 Å². The Morgan fingerprint density at radius 2 is 1.97 bits per heavy atom. The van der Waals surface area contributed by atoms with Crippen LogP contribution in [0, 0.1) is 0 Å². The molecule has 1 atom stereocenters. The highest BCUT2D eigenvalue weighted by Gasteiger charge is 2.28. The summed E-state index contributed by atoms with van der Waals surface area (Å²) in [6.07, 6.45) is 2.49. The number of halogens is 1. The van der Waals surface area contributed by atoms with E-state index in [1.165, 1.54) is 0 Å². The molecule has 0 saturated carbocycles. The second kappa shape index (κ2) is 13.0. The predicted molar refractivity (Wildman–Crippen MR) is 138 cm³/mol. The molecule has 188 valence electrons. The molecule has 0 spiro atoms. The molecule has 0 amide bonds. The zero-order valence-electron chi connectivity index (χ0n) is 20.6. The van der Waals surface area contributed by atoms with E-state index in [4.69, 9.17) is 36.3 Å². The molecule has 1 aromatic heterocycles. The third kappa shape index (κ3) is 6.48. The van der Waals surface area contributed by atoms with Crippen molar-refractivity contribution in [2.24, 2.45) is 10.8 Å². The summed E-state index contributed by atoms with van der Waals surface area (Å²) in [6, 6.07) is 15.8. The molecule has 1 unspecified atom stereocenters. The second-order valence-corrected chi connectivity index (χ2v) is 8.03. The molecule has 2 aromatic carbocycles. The number of nitrogens with two attached hydrogens (primary N) is 1. The van der Waals surface area contributed by atoms with Crippen molar-refractivity contribution in [3.05, 3.63) is 76.6 Å². The van der Waals surface area contributed by atoms with Crippen molar-refractivity contribution in [1.29, 1.82) is 0 Å². The molecular formula is C26H33ClN4O4. The van der Waals surface area contributed by atoms with Crippen molar-refractivity contribution < 1.29 is 18.9 Å². The summed E-state index contributed by atoms with van der Waals surface area (Å²) >= 11 is 6.30. The van der Waals surface area contributed by atoms with Crippen LogP contribution in [0.1, 0.15) is 43.2 Å². The lowest BCUT2D eigenvalue weighted by Crippen LogP contribution is -2.18. The Balaban J connectivity index is 0.000000292. The second-order valence-electron chi connectivity index (χ2n) is 7.60. The van der Waals surface area contributed by atoms with Crippen LogP contribution in [-0.2, 0) is 16.1 Å². The standard InChI is InChI=1S/C20H18ClNO3.C6H15N3O/c1-23-18-7-3-6-15(20(18)24-2)19-16-11-13(21)8-9-17(16)22-10-4-5-14(22)12-25-19;1-3-6(7)9-8-5-10-4-2/h3-11,19H,12H2,1-2H3;8H,3-5H2,1-2H3,(H2,7,9). The summed E-state index contributed by atoms with van der Waals surface area (Å²) in [5.41, 5.74) is 12.1. The third-order valence-electron chi connectivity index (χ3n) is 5.43. The average Bonchev–Trinajstić information content (AvgIpc) is 3.29. The van der Waals surface area contributed by atoms with Crippen LogP contribution in [0.3, 0.4) is 0 Å². The highest BCUT2D eigenvalue weighted by Crippen LogP contribution is 2.43. The molecule has 1 aliphatic heterocycles. The van der Waals surface area contributed by atoms with Crippen molar-refractivity contribution in [3.63, 3.8) is 0 Å². The monoisotopic (exact) mass is 500 g/mol. The Hall–Kier alpha value is -3.20.